The van der Waals surface area contributed by atoms with Crippen LogP contribution in [0.25, 0.3) is 0 Å². The number of hydrogen-bond acceptors (Lipinski definition) is 3. The van der Waals surface area contributed by atoms with Crippen molar-refractivity contribution in [1.29, 1.82) is 0 Å². The van der Waals surface area contributed by atoms with E-state index in [0.29, 0.717) is 18.2 Å². The van der Waals surface area contributed by atoms with Gasteiger partial charge in [0.25, 0.3) is 0 Å². The lowest BCUT2D eigenvalue weighted by molar-refractivity contribution is 0.328. The maximum atomic E-state index is 14.1. The number of hydrogen-bond donors (Lipinski definition) is 2. The quantitative estimate of drug-likeness (QED) is 0.302. The Morgan fingerprint density at radius 3 is 2.64 bits per heavy atom. The number of halogens is 3. The molecule has 0 radical (unpaired) electrons. The molecule has 2 heterocycles. The molecule has 0 aliphatic carbocycles. The Morgan fingerprint density at radius 1 is 1.06 bits per heavy atom. The van der Waals surface area contributed by atoms with Crippen LogP contribution in [0.4, 0.5) is 14.5 Å². The second kappa shape index (κ2) is 12.5. The van der Waals surface area contributed by atoms with Gasteiger partial charge in [-0.25, -0.2) is 8.78 Å². The van der Waals surface area contributed by atoms with Crippen LogP contribution >= 0.6 is 24.0 Å². The van der Waals surface area contributed by atoms with E-state index in [4.69, 9.17) is 0 Å². The summed E-state index contributed by atoms with van der Waals surface area (Å²) in [6, 6.07) is 14.6. The normalized spacial score (nSPS) is 21.2. The molecule has 180 valence electrons. The van der Waals surface area contributed by atoms with E-state index >= 15 is 0 Å². The summed E-state index contributed by atoms with van der Waals surface area (Å²) in [6.45, 7) is 5.65. The van der Waals surface area contributed by atoms with Crippen LogP contribution in [-0.4, -0.2) is 63.2 Å². The van der Waals surface area contributed by atoms with Gasteiger partial charge in [0.2, 0.25) is 0 Å². The average Bonchev–Trinajstić information content (AvgIpc) is 3.45. The molecule has 0 aromatic heterocycles. The fourth-order valence-corrected chi connectivity index (χ4v) is 4.68. The number of aliphatic imine (C=N–C) groups is 1. The van der Waals surface area contributed by atoms with E-state index < -0.39 is 11.6 Å². The SMILES string of the molecule is CN=C(NCC1CCN(CCc2ccccc2)C1)NC1CCN(c2ccc(F)cc2F)C1.I. The molecule has 2 aliphatic rings. The van der Waals surface area contributed by atoms with Crippen molar-refractivity contribution in [3.8, 4) is 0 Å². The second-order valence-electron chi connectivity index (χ2n) is 8.82. The number of nitrogens with zero attached hydrogens (tertiary/aromatic N) is 3. The predicted molar refractivity (Wildman–Crippen MR) is 142 cm³/mol. The topological polar surface area (TPSA) is 42.9 Å². The van der Waals surface area contributed by atoms with E-state index in [-0.39, 0.29) is 30.0 Å². The molecule has 2 aromatic rings. The summed E-state index contributed by atoms with van der Waals surface area (Å²) in [4.78, 5) is 8.88. The molecule has 4 rings (SSSR count). The zero-order chi connectivity index (χ0) is 22.3. The van der Waals surface area contributed by atoms with E-state index in [1.54, 1.807) is 7.05 Å². The zero-order valence-electron chi connectivity index (χ0n) is 19.1. The lowest BCUT2D eigenvalue weighted by Gasteiger charge is -2.21. The number of rotatable bonds is 7. The predicted octanol–water partition coefficient (Wildman–Crippen LogP) is 3.89. The molecule has 8 heteroatoms. The van der Waals surface area contributed by atoms with Crippen LogP contribution in [-0.2, 0) is 6.42 Å². The first kappa shape index (κ1) is 25.7. The summed E-state index contributed by atoms with van der Waals surface area (Å²) < 4.78 is 27.3. The van der Waals surface area contributed by atoms with Gasteiger partial charge in [-0.3, -0.25) is 4.99 Å². The van der Waals surface area contributed by atoms with Crippen molar-refractivity contribution >= 4 is 35.6 Å². The third-order valence-corrected chi connectivity index (χ3v) is 6.49. The molecule has 2 aliphatic heterocycles. The molecule has 2 N–H and O–H groups in total. The summed E-state index contributed by atoms with van der Waals surface area (Å²) in [5.41, 5.74) is 1.85. The lowest BCUT2D eigenvalue weighted by Crippen LogP contribution is -2.46. The smallest absolute Gasteiger partial charge is 0.191 e. The van der Waals surface area contributed by atoms with Gasteiger partial charge in [0.1, 0.15) is 11.6 Å². The molecule has 2 unspecified atom stereocenters. The van der Waals surface area contributed by atoms with Crippen LogP contribution in [0.3, 0.4) is 0 Å². The highest BCUT2D eigenvalue weighted by Gasteiger charge is 2.26. The van der Waals surface area contributed by atoms with Gasteiger partial charge in [0.05, 0.1) is 5.69 Å². The van der Waals surface area contributed by atoms with Gasteiger partial charge in [-0.1, -0.05) is 30.3 Å². The van der Waals surface area contributed by atoms with Gasteiger partial charge < -0.3 is 20.4 Å². The average molecular weight is 569 g/mol. The van der Waals surface area contributed by atoms with Gasteiger partial charge in [-0.2, -0.15) is 0 Å². The molecule has 2 saturated heterocycles. The van der Waals surface area contributed by atoms with Crippen molar-refractivity contribution in [3.05, 3.63) is 65.7 Å². The van der Waals surface area contributed by atoms with E-state index in [1.807, 2.05) is 4.90 Å². The standard InChI is InChI=1S/C25H33F2N5.HI/c1-28-25(30-22-11-14-32(18-22)24-8-7-21(26)15-23(24)27)29-16-20-10-13-31(17-20)12-9-19-5-3-2-4-6-19;/h2-8,15,20,22H,9-14,16-18H2,1H3,(H2,28,29,30);1H. The molecule has 2 atom stereocenters. The van der Waals surface area contributed by atoms with Crippen LogP contribution in [0.2, 0.25) is 0 Å². The van der Waals surface area contributed by atoms with Crippen molar-refractivity contribution in [2.75, 3.05) is 51.2 Å². The Balaban J connectivity index is 0.00000306. The number of guanidine groups is 1. The minimum absolute atomic E-state index is 0. The molecular formula is C25H34F2IN5. The lowest BCUT2D eigenvalue weighted by atomic mass is 10.1. The van der Waals surface area contributed by atoms with Crippen LogP contribution in [0.5, 0.6) is 0 Å². The minimum Gasteiger partial charge on any atom is -0.367 e. The number of nitrogens with one attached hydrogen (secondary N) is 2. The van der Waals surface area contributed by atoms with Crippen LogP contribution in [0.15, 0.2) is 53.5 Å². The first-order valence-electron chi connectivity index (χ1n) is 11.5. The third-order valence-electron chi connectivity index (χ3n) is 6.49. The molecule has 0 amide bonds. The molecule has 33 heavy (non-hydrogen) atoms. The highest BCUT2D eigenvalue weighted by molar-refractivity contribution is 14.0. The van der Waals surface area contributed by atoms with E-state index in [2.05, 4.69) is 50.9 Å². The minimum atomic E-state index is -0.546. The first-order chi connectivity index (χ1) is 15.6. The molecular weight excluding hydrogens is 535 g/mol. The summed E-state index contributed by atoms with van der Waals surface area (Å²) in [5.74, 6) is 0.346. The fraction of sp³-hybridized carbons (Fsp3) is 0.480. The van der Waals surface area contributed by atoms with Crippen molar-refractivity contribution in [2.24, 2.45) is 10.9 Å². The molecule has 0 saturated carbocycles. The third kappa shape index (κ3) is 7.27. The van der Waals surface area contributed by atoms with E-state index in [0.717, 1.165) is 57.6 Å². The maximum Gasteiger partial charge on any atom is 0.191 e. The Bertz CT molecular complexity index is 911. The van der Waals surface area contributed by atoms with Crippen LogP contribution < -0.4 is 15.5 Å². The Labute approximate surface area is 212 Å². The van der Waals surface area contributed by atoms with Crippen molar-refractivity contribution in [2.45, 2.75) is 25.3 Å². The van der Waals surface area contributed by atoms with Crippen molar-refractivity contribution in [1.82, 2.24) is 15.5 Å². The summed E-state index contributed by atoms with van der Waals surface area (Å²) in [5, 5.41) is 6.94. The fourth-order valence-electron chi connectivity index (χ4n) is 4.68. The largest absolute Gasteiger partial charge is 0.367 e. The summed E-state index contributed by atoms with van der Waals surface area (Å²) in [6.07, 6.45) is 3.17. The van der Waals surface area contributed by atoms with Crippen molar-refractivity contribution < 1.29 is 8.78 Å². The Hall–Kier alpha value is -1.94. The van der Waals surface area contributed by atoms with Crippen LogP contribution in [0, 0.1) is 17.6 Å². The number of likely N-dealkylation sites (tertiary alicyclic amines) is 1. The van der Waals surface area contributed by atoms with Gasteiger partial charge in [0, 0.05) is 51.9 Å². The van der Waals surface area contributed by atoms with Gasteiger partial charge in [-0.05, 0) is 49.4 Å². The van der Waals surface area contributed by atoms with Gasteiger partial charge in [-0.15, -0.1) is 24.0 Å². The summed E-state index contributed by atoms with van der Waals surface area (Å²) >= 11 is 0. The van der Waals surface area contributed by atoms with E-state index in [9.17, 15) is 8.78 Å². The molecule has 2 aromatic carbocycles. The Kier molecular flexibility index (Phi) is 9.73. The molecule has 0 bridgehead atoms. The summed E-state index contributed by atoms with van der Waals surface area (Å²) in [7, 11) is 1.78. The molecule has 2 fully saturated rings. The monoisotopic (exact) mass is 569 g/mol. The van der Waals surface area contributed by atoms with Crippen molar-refractivity contribution in [3.63, 3.8) is 0 Å². The van der Waals surface area contributed by atoms with Gasteiger partial charge in [0.15, 0.2) is 5.96 Å². The van der Waals surface area contributed by atoms with Crippen LogP contribution in [0.1, 0.15) is 18.4 Å². The zero-order valence-corrected chi connectivity index (χ0v) is 21.5. The van der Waals surface area contributed by atoms with E-state index in [1.165, 1.54) is 24.1 Å². The van der Waals surface area contributed by atoms with Gasteiger partial charge >= 0.3 is 0 Å². The number of benzene rings is 2. The first-order valence-corrected chi connectivity index (χ1v) is 11.5. The number of anilines is 1. The maximum absolute atomic E-state index is 14.1. The Morgan fingerprint density at radius 2 is 1.88 bits per heavy atom. The molecule has 5 nitrogen and oxygen atoms in total. The molecule has 0 spiro atoms. The highest BCUT2D eigenvalue weighted by Crippen LogP contribution is 2.24. The second-order valence-corrected chi connectivity index (χ2v) is 8.82. The highest BCUT2D eigenvalue weighted by atomic mass is 127.